The highest BCUT2D eigenvalue weighted by molar-refractivity contribution is 5.83. The molecule has 1 aliphatic rings. The molecule has 8 nitrogen and oxygen atoms in total. The Morgan fingerprint density at radius 1 is 1.14 bits per heavy atom. The molecule has 0 aromatic heterocycles. The second kappa shape index (κ2) is 10.7. The number of hydrogen-bond acceptors (Lipinski definition) is 5. The summed E-state index contributed by atoms with van der Waals surface area (Å²) in [5.41, 5.74) is 1.21. The van der Waals surface area contributed by atoms with Gasteiger partial charge in [-0.25, -0.2) is 4.79 Å². The standard InChI is InChI=1S/C20H30N4O4/c1-16(20(27)28)24(11-9-21-17(2)25)19(26)8-10-22-12-14-23(15-13-22)18-6-4-3-5-7-18/h3-7,16H,8-15H2,1-2H3,(H,21,25)(H,27,28). The average Bonchev–Trinajstić information content (AvgIpc) is 2.69. The van der Waals surface area contributed by atoms with Crippen LogP contribution in [0.15, 0.2) is 30.3 Å². The van der Waals surface area contributed by atoms with Crippen LogP contribution in [0.4, 0.5) is 5.69 Å². The zero-order valence-electron chi connectivity index (χ0n) is 16.6. The van der Waals surface area contributed by atoms with Crippen LogP contribution in [0.1, 0.15) is 20.3 Å². The third-order valence-electron chi connectivity index (χ3n) is 5.01. The molecule has 1 atom stereocenters. The molecule has 1 aromatic carbocycles. The number of nitrogens with one attached hydrogen (secondary N) is 1. The Labute approximate surface area is 166 Å². The van der Waals surface area contributed by atoms with Crippen molar-refractivity contribution in [3.8, 4) is 0 Å². The second-order valence-electron chi connectivity index (χ2n) is 7.00. The van der Waals surface area contributed by atoms with E-state index in [1.807, 2.05) is 18.2 Å². The van der Waals surface area contributed by atoms with Crippen LogP contribution in [-0.2, 0) is 14.4 Å². The Morgan fingerprint density at radius 3 is 2.36 bits per heavy atom. The van der Waals surface area contributed by atoms with E-state index in [4.69, 9.17) is 0 Å². The highest BCUT2D eigenvalue weighted by atomic mass is 16.4. The lowest BCUT2D eigenvalue weighted by Crippen LogP contribution is -2.49. The van der Waals surface area contributed by atoms with E-state index in [0.717, 1.165) is 26.2 Å². The number of para-hydroxylation sites is 1. The van der Waals surface area contributed by atoms with Gasteiger partial charge in [-0.05, 0) is 19.1 Å². The molecule has 2 N–H and O–H groups in total. The van der Waals surface area contributed by atoms with Gasteiger partial charge in [0.2, 0.25) is 11.8 Å². The predicted molar refractivity (Wildman–Crippen MR) is 107 cm³/mol. The topological polar surface area (TPSA) is 93.2 Å². The smallest absolute Gasteiger partial charge is 0.326 e. The van der Waals surface area contributed by atoms with E-state index in [1.54, 1.807) is 0 Å². The molecule has 1 aliphatic heterocycles. The summed E-state index contributed by atoms with van der Waals surface area (Å²) in [6, 6.07) is 9.33. The first-order chi connectivity index (χ1) is 13.4. The van der Waals surface area contributed by atoms with Gasteiger partial charge in [0.25, 0.3) is 0 Å². The maximum Gasteiger partial charge on any atom is 0.326 e. The molecule has 2 rings (SSSR count). The number of hydrogen-bond donors (Lipinski definition) is 2. The SMILES string of the molecule is CC(=O)NCCN(C(=O)CCN1CCN(c2ccccc2)CC1)C(C)C(=O)O. The predicted octanol–water partition coefficient (Wildman–Crippen LogP) is 0.637. The molecular formula is C20H30N4O4. The highest BCUT2D eigenvalue weighted by Gasteiger charge is 2.26. The lowest BCUT2D eigenvalue weighted by molar-refractivity contribution is -0.149. The number of carboxylic acids is 1. The Kier molecular flexibility index (Phi) is 8.25. The van der Waals surface area contributed by atoms with Gasteiger partial charge in [-0.1, -0.05) is 18.2 Å². The molecule has 8 heteroatoms. The van der Waals surface area contributed by atoms with Gasteiger partial charge in [-0.2, -0.15) is 0 Å². The number of anilines is 1. The largest absolute Gasteiger partial charge is 0.480 e. The van der Waals surface area contributed by atoms with Crippen LogP contribution in [0.5, 0.6) is 0 Å². The summed E-state index contributed by atoms with van der Waals surface area (Å²) in [6.45, 7) is 7.44. The van der Waals surface area contributed by atoms with Crippen LogP contribution in [0, 0.1) is 0 Å². The van der Waals surface area contributed by atoms with Crippen molar-refractivity contribution >= 4 is 23.5 Å². The fraction of sp³-hybridized carbons (Fsp3) is 0.550. The van der Waals surface area contributed by atoms with Gasteiger partial charge in [-0.3, -0.25) is 14.5 Å². The molecule has 1 heterocycles. The monoisotopic (exact) mass is 390 g/mol. The van der Waals surface area contributed by atoms with E-state index in [2.05, 4.69) is 27.2 Å². The fourth-order valence-electron chi connectivity index (χ4n) is 3.29. The van der Waals surface area contributed by atoms with Gasteiger partial charge in [0.05, 0.1) is 0 Å². The first kappa shape index (κ1) is 21.7. The molecule has 1 unspecified atom stereocenters. The summed E-state index contributed by atoms with van der Waals surface area (Å²) in [5.74, 6) is -1.45. The van der Waals surface area contributed by atoms with Crippen LogP contribution in [0.2, 0.25) is 0 Å². The number of amides is 2. The van der Waals surface area contributed by atoms with Crippen LogP contribution >= 0.6 is 0 Å². The summed E-state index contributed by atoms with van der Waals surface area (Å²) in [7, 11) is 0. The van der Waals surface area contributed by atoms with Gasteiger partial charge in [-0.15, -0.1) is 0 Å². The summed E-state index contributed by atoms with van der Waals surface area (Å²) in [5, 5.41) is 11.9. The third-order valence-corrected chi connectivity index (χ3v) is 5.01. The van der Waals surface area contributed by atoms with Crippen molar-refractivity contribution in [3.05, 3.63) is 30.3 Å². The number of rotatable bonds is 9. The Bertz CT molecular complexity index is 659. The lowest BCUT2D eigenvalue weighted by atomic mass is 10.2. The quantitative estimate of drug-likeness (QED) is 0.643. The van der Waals surface area contributed by atoms with Crippen molar-refractivity contribution < 1.29 is 19.5 Å². The Balaban J connectivity index is 1.81. The molecule has 0 aliphatic carbocycles. The van der Waals surface area contributed by atoms with E-state index in [-0.39, 0.29) is 31.3 Å². The minimum absolute atomic E-state index is 0.188. The van der Waals surface area contributed by atoms with Crippen LogP contribution in [-0.4, -0.2) is 84.5 Å². The molecule has 0 spiro atoms. The highest BCUT2D eigenvalue weighted by Crippen LogP contribution is 2.15. The van der Waals surface area contributed by atoms with Gasteiger partial charge >= 0.3 is 5.97 Å². The maximum atomic E-state index is 12.6. The van der Waals surface area contributed by atoms with Crippen molar-refractivity contribution in [3.63, 3.8) is 0 Å². The molecule has 0 saturated carbocycles. The number of piperazine rings is 1. The summed E-state index contributed by atoms with van der Waals surface area (Å²) < 4.78 is 0. The van der Waals surface area contributed by atoms with Gasteiger partial charge in [0.1, 0.15) is 6.04 Å². The second-order valence-corrected chi connectivity index (χ2v) is 7.00. The minimum Gasteiger partial charge on any atom is -0.480 e. The normalized spacial score (nSPS) is 15.7. The van der Waals surface area contributed by atoms with E-state index in [9.17, 15) is 19.5 Å². The minimum atomic E-state index is -1.05. The average molecular weight is 390 g/mol. The molecule has 0 radical (unpaired) electrons. The molecular weight excluding hydrogens is 360 g/mol. The molecule has 1 fully saturated rings. The maximum absolute atomic E-state index is 12.6. The fourth-order valence-corrected chi connectivity index (χ4v) is 3.29. The number of aliphatic carboxylic acids is 1. The van der Waals surface area contributed by atoms with Crippen molar-refractivity contribution in [1.29, 1.82) is 0 Å². The van der Waals surface area contributed by atoms with E-state index in [1.165, 1.54) is 24.4 Å². The summed E-state index contributed by atoms with van der Waals surface area (Å²) in [4.78, 5) is 40.8. The van der Waals surface area contributed by atoms with Crippen molar-refractivity contribution in [2.75, 3.05) is 50.7 Å². The Morgan fingerprint density at radius 2 is 1.79 bits per heavy atom. The molecule has 2 amide bonds. The van der Waals surface area contributed by atoms with Gasteiger partial charge < -0.3 is 20.2 Å². The molecule has 1 saturated heterocycles. The number of carbonyl (C=O) groups excluding carboxylic acids is 2. The van der Waals surface area contributed by atoms with Crippen molar-refractivity contribution in [1.82, 2.24) is 15.1 Å². The number of carboxylic acid groups (broad SMARTS) is 1. The summed E-state index contributed by atoms with van der Waals surface area (Å²) in [6.07, 6.45) is 0.267. The molecule has 28 heavy (non-hydrogen) atoms. The molecule has 154 valence electrons. The number of benzene rings is 1. The van der Waals surface area contributed by atoms with Gasteiger partial charge in [0, 0.05) is 64.8 Å². The number of carbonyl (C=O) groups is 3. The first-order valence-corrected chi connectivity index (χ1v) is 9.67. The van der Waals surface area contributed by atoms with Crippen LogP contribution < -0.4 is 10.2 Å². The van der Waals surface area contributed by atoms with E-state index >= 15 is 0 Å². The number of nitrogens with zero attached hydrogens (tertiary/aromatic N) is 3. The molecule has 0 bridgehead atoms. The molecule has 1 aromatic rings. The van der Waals surface area contributed by atoms with Crippen molar-refractivity contribution in [2.45, 2.75) is 26.3 Å². The first-order valence-electron chi connectivity index (χ1n) is 9.67. The van der Waals surface area contributed by atoms with E-state index in [0.29, 0.717) is 6.54 Å². The Hall–Kier alpha value is -2.61. The third kappa shape index (κ3) is 6.53. The van der Waals surface area contributed by atoms with Crippen molar-refractivity contribution in [2.24, 2.45) is 0 Å². The van der Waals surface area contributed by atoms with Crippen LogP contribution in [0.25, 0.3) is 0 Å². The lowest BCUT2D eigenvalue weighted by Gasteiger charge is -2.36. The zero-order valence-corrected chi connectivity index (χ0v) is 16.6. The van der Waals surface area contributed by atoms with Gasteiger partial charge in [0.15, 0.2) is 0 Å². The van der Waals surface area contributed by atoms with Crippen LogP contribution in [0.3, 0.4) is 0 Å². The zero-order chi connectivity index (χ0) is 20.5. The summed E-state index contributed by atoms with van der Waals surface area (Å²) >= 11 is 0. The van der Waals surface area contributed by atoms with E-state index < -0.39 is 12.0 Å².